The molecule has 0 aliphatic heterocycles. The van der Waals surface area contributed by atoms with E-state index in [2.05, 4.69) is 63.9 Å². The number of rotatable bonds is 8. The third kappa shape index (κ3) is 6.69. The van der Waals surface area contributed by atoms with E-state index in [1.807, 2.05) is 13.0 Å². The Bertz CT molecular complexity index is 611. The average molecular weight is 409 g/mol. The van der Waals surface area contributed by atoms with Gasteiger partial charge < -0.3 is 16.0 Å². The minimum Gasteiger partial charge on any atom is -0.357 e. The lowest BCUT2D eigenvalue weighted by Gasteiger charge is -2.24. The van der Waals surface area contributed by atoms with Crippen molar-refractivity contribution in [3.63, 3.8) is 0 Å². The molecule has 5 nitrogen and oxygen atoms in total. The van der Waals surface area contributed by atoms with E-state index in [4.69, 9.17) is 4.99 Å². The molecule has 1 fully saturated rings. The van der Waals surface area contributed by atoms with Crippen molar-refractivity contribution in [2.75, 3.05) is 26.2 Å². The fourth-order valence-corrected chi connectivity index (χ4v) is 2.87. The van der Waals surface area contributed by atoms with E-state index in [-0.39, 0.29) is 17.2 Å². The highest BCUT2D eigenvalue weighted by atomic mass is 79.9. The van der Waals surface area contributed by atoms with Gasteiger partial charge in [-0.3, -0.25) is 9.79 Å². The zero-order valence-corrected chi connectivity index (χ0v) is 16.9. The van der Waals surface area contributed by atoms with Gasteiger partial charge in [-0.1, -0.05) is 41.9 Å². The van der Waals surface area contributed by atoms with E-state index in [0.717, 1.165) is 29.8 Å². The summed E-state index contributed by atoms with van der Waals surface area (Å²) in [5.41, 5.74) is 1.19. The van der Waals surface area contributed by atoms with Crippen molar-refractivity contribution in [2.45, 2.75) is 39.0 Å². The predicted molar refractivity (Wildman–Crippen MR) is 107 cm³/mol. The van der Waals surface area contributed by atoms with E-state index < -0.39 is 0 Å². The number of benzene rings is 1. The first kappa shape index (κ1) is 19.8. The highest BCUT2D eigenvalue weighted by Gasteiger charge is 2.29. The standard InChI is InChI=1S/C19H29BrN4O/c1-4-21-18(23-11-10-22-17(25)14-8-9-14)24-13-19(2,3)15-6-5-7-16(20)12-15/h5-7,12,14H,4,8-11,13H2,1-3H3,(H,22,25)(H2,21,23,24). The minimum absolute atomic E-state index is 0.0632. The third-order valence-corrected chi connectivity index (χ3v) is 4.74. The molecule has 0 heterocycles. The molecule has 1 amide bonds. The second-order valence-corrected chi connectivity index (χ2v) is 8.00. The summed E-state index contributed by atoms with van der Waals surface area (Å²) in [6, 6.07) is 8.36. The summed E-state index contributed by atoms with van der Waals surface area (Å²) in [7, 11) is 0. The number of hydrogen-bond donors (Lipinski definition) is 3. The second-order valence-electron chi connectivity index (χ2n) is 7.08. The summed E-state index contributed by atoms with van der Waals surface area (Å²) >= 11 is 3.53. The van der Waals surface area contributed by atoms with Crippen LogP contribution in [0.5, 0.6) is 0 Å². The maximum Gasteiger partial charge on any atom is 0.223 e. The number of aliphatic imine (C=N–C) groups is 1. The summed E-state index contributed by atoms with van der Waals surface area (Å²) < 4.78 is 1.08. The van der Waals surface area contributed by atoms with Gasteiger partial charge in [0.15, 0.2) is 5.96 Å². The van der Waals surface area contributed by atoms with Crippen molar-refractivity contribution < 1.29 is 4.79 Å². The number of carbonyl (C=O) groups excluding carboxylic acids is 1. The molecule has 3 N–H and O–H groups in total. The van der Waals surface area contributed by atoms with E-state index in [0.29, 0.717) is 19.6 Å². The first-order chi connectivity index (χ1) is 11.9. The summed E-state index contributed by atoms with van der Waals surface area (Å²) in [6.07, 6.45) is 2.07. The van der Waals surface area contributed by atoms with Gasteiger partial charge in [0, 0.05) is 35.4 Å². The van der Waals surface area contributed by atoms with Crippen LogP contribution in [0.4, 0.5) is 0 Å². The van der Waals surface area contributed by atoms with Crippen molar-refractivity contribution in [1.29, 1.82) is 0 Å². The van der Waals surface area contributed by atoms with Crippen LogP contribution in [0.25, 0.3) is 0 Å². The number of nitrogens with one attached hydrogen (secondary N) is 3. The van der Waals surface area contributed by atoms with Gasteiger partial charge in [0.1, 0.15) is 0 Å². The lowest BCUT2D eigenvalue weighted by molar-refractivity contribution is -0.122. The van der Waals surface area contributed by atoms with Gasteiger partial charge in [-0.15, -0.1) is 0 Å². The van der Waals surface area contributed by atoms with Crippen LogP contribution >= 0.6 is 15.9 Å². The number of carbonyl (C=O) groups is 1. The second kappa shape index (κ2) is 9.22. The normalized spacial score (nSPS) is 15.0. The molecule has 0 spiro atoms. The van der Waals surface area contributed by atoms with Gasteiger partial charge in [0.05, 0.1) is 6.54 Å². The highest BCUT2D eigenvalue weighted by Crippen LogP contribution is 2.28. The van der Waals surface area contributed by atoms with E-state index >= 15 is 0 Å². The van der Waals surface area contributed by atoms with Gasteiger partial charge in [-0.25, -0.2) is 0 Å². The summed E-state index contributed by atoms with van der Waals surface area (Å²) in [5.74, 6) is 1.22. The Balaban J connectivity index is 1.85. The molecular weight excluding hydrogens is 380 g/mol. The zero-order chi connectivity index (χ0) is 18.3. The first-order valence-electron chi connectivity index (χ1n) is 8.98. The molecule has 0 saturated heterocycles. The van der Waals surface area contributed by atoms with Crippen LogP contribution in [0, 0.1) is 5.92 Å². The topological polar surface area (TPSA) is 65.5 Å². The summed E-state index contributed by atoms with van der Waals surface area (Å²) in [4.78, 5) is 16.4. The van der Waals surface area contributed by atoms with Crippen molar-refractivity contribution >= 4 is 27.8 Å². The Hall–Kier alpha value is -1.56. The smallest absolute Gasteiger partial charge is 0.223 e. The largest absolute Gasteiger partial charge is 0.357 e. The number of guanidine groups is 1. The Morgan fingerprint density at radius 3 is 2.60 bits per heavy atom. The van der Waals surface area contributed by atoms with Gasteiger partial charge in [-0.05, 0) is 37.5 Å². The molecule has 1 aliphatic carbocycles. The lowest BCUT2D eigenvalue weighted by atomic mass is 9.85. The van der Waals surface area contributed by atoms with Crippen LogP contribution in [0.3, 0.4) is 0 Å². The maximum atomic E-state index is 11.6. The molecule has 0 aromatic heterocycles. The molecule has 1 aromatic carbocycles. The van der Waals surface area contributed by atoms with E-state index in [1.165, 1.54) is 5.56 Å². The van der Waals surface area contributed by atoms with Crippen molar-refractivity contribution in [1.82, 2.24) is 16.0 Å². The monoisotopic (exact) mass is 408 g/mol. The van der Waals surface area contributed by atoms with Crippen molar-refractivity contribution in [3.05, 3.63) is 34.3 Å². The molecule has 6 heteroatoms. The highest BCUT2D eigenvalue weighted by molar-refractivity contribution is 9.10. The van der Waals surface area contributed by atoms with Crippen molar-refractivity contribution in [3.8, 4) is 0 Å². The summed E-state index contributed by atoms with van der Waals surface area (Å²) in [5, 5.41) is 9.50. The zero-order valence-electron chi connectivity index (χ0n) is 15.4. The molecule has 1 aromatic rings. The fourth-order valence-electron chi connectivity index (χ4n) is 2.48. The fraction of sp³-hybridized carbons (Fsp3) is 0.579. The van der Waals surface area contributed by atoms with Crippen molar-refractivity contribution in [2.24, 2.45) is 10.9 Å². The molecule has 0 bridgehead atoms. The number of amides is 1. The molecule has 0 unspecified atom stereocenters. The molecule has 1 saturated carbocycles. The number of nitrogens with zero attached hydrogens (tertiary/aromatic N) is 1. The van der Waals surface area contributed by atoms with Crippen LogP contribution in [0.15, 0.2) is 33.7 Å². The number of hydrogen-bond acceptors (Lipinski definition) is 2. The van der Waals surface area contributed by atoms with Crippen LogP contribution < -0.4 is 16.0 Å². The Morgan fingerprint density at radius 1 is 1.24 bits per heavy atom. The molecule has 0 radical (unpaired) electrons. The first-order valence-corrected chi connectivity index (χ1v) is 9.77. The molecule has 138 valence electrons. The lowest BCUT2D eigenvalue weighted by Crippen LogP contribution is -2.42. The Kier molecular flexibility index (Phi) is 7.29. The van der Waals surface area contributed by atoms with Gasteiger partial charge in [-0.2, -0.15) is 0 Å². The Labute approximate surface area is 159 Å². The third-order valence-electron chi connectivity index (χ3n) is 4.25. The van der Waals surface area contributed by atoms with Crippen LogP contribution in [0.1, 0.15) is 39.2 Å². The van der Waals surface area contributed by atoms with Crippen LogP contribution in [0.2, 0.25) is 0 Å². The summed E-state index contributed by atoms with van der Waals surface area (Å²) in [6.45, 7) is 9.20. The van der Waals surface area contributed by atoms with Gasteiger partial charge in [0.25, 0.3) is 0 Å². The Morgan fingerprint density at radius 2 is 1.96 bits per heavy atom. The molecule has 2 rings (SSSR count). The van der Waals surface area contributed by atoms with E-state index in [9.17, 15) is 4.79 Å². The van der Waals surface area contributed by atoms with E-state index in [1.54, 1.807) is 0 Å². The van der Waals surface area contributed by atoms with Crippen LogP contribution in [-0.2, 0) is 10.2 Å². The SMILES string of the molecule is CCNC(=NCC(C)(C)c1cccc(Br)c1)NCCNC(=O)C1CC1. The average Bonchev–Trinajstić information content (AvgIpc) is 3.41. The predicted octanol–water partition coefficient (Wildman–Crippen LogP) is 2.81. The van der Waals surface area contributed by atoms with Gasteiger partial charge >= 0.3 is 0 Å². The quantitative estimate of drug-likeness (QED) is 0.352. The molecular formula is C19H29BrN4O. The molecule has 25 heavy (non-hydrogen) atoms. The molecule has 0 atom stereocenters. The van der Waals surface area contributed by atoms with Gasteiger partial charge in [0.2, 0.25) is 5.91 Å². The number of halogens is 1. The minimum atomic E-state index is -0.0632. The molecule has 1 aliphatic rings. The van der Waals surface area contributed by atoms with Crippen LogP contribution in [-0.4, -0.2) is 38.0 Å². The maximum absolute atomic E-state index is 11.6.